The summed E-state index contributed by atoms with van der Waals surface area (Å²) in [6.45, 7) is 42.8. The smallest absolute Gasteiger partial charge is 0.000719 e. The van der Waals surface area contributed by atoms with E-state index in [0.717, 1.165) is 0 Å². The van der Waals surface area contributed by atoms with E-state index in [1.807, 2.05) is 0 Å². The van der Waals surface area contributed by atoms with E-state index in [0.29, 0.717) is 0 Å². The fourth-order valence-corrected chi connectivity index (χ4v) is 11.8. The van der Waals surface area contributed by atoms with Gasteiger partial charge in [0.15, 0.2) is 0 Å². The first-order valence-corrected chi connectivity index (χ1v) is 26.1. The van der Waals surface area contributed by atoms with E-state index in [-0.39, 0.29) is 32.5 Å². The predicted octanol–water partition coefficient (Wildman–Crippen LogP) is 20.9. The average Bonchev–Trinajstić information content (AvgIpc) is 3.75. The van der Waals surface area contributed by atoms with Crippen LogP contribution in [-0.4, -0.2) is 0 Å². The Balaban J connectivity index is 1.49. The molecule has 11 aromatic rings. The molecule has 0 spiro atoms. The van der Waals surface area contributed by atoms with Crippen molar-refractivity contribution in [1.29, 1.82) is 0 Å². The second-order valence-electron chi connectivity index (χ2n) is 27.6. The second kappa shape index (κ2) is 14.8. The molecule has 0 heterocycles. The summed E-state index contributed by atoms with van der Waals surface area (Å²) >= 11 is 0. The molecule has 0 atom stereocenters. The summed E-state index contributed by atoms with van der Waals surface area (Å²) in [7, 11) is 0. The maximum absolute atomic E-state index is 2.65. The fourth-order valence-electron chi connectivity index (χ4n) is 11.8. The molecule has 70 heavy (non-hydrogen) atoms. The lowest BCUT2D eigenvalue weighted by Gasteiger charge is -2.28. The molecule has 0 fully saturated rings. The summed E-state index contributed by atoms with van der Waals surface area (Å²) < 4.78 is 0. The highest BCUT2D eigenvalue weighted by Gasteiger charge is 2.31. The van der Waals surface area contributed by atoms with Gasteiger partial charge in [-0.3, -0.25) is 0 Å². The highest BCUT2D eigenvalue weighted by Crippen LogP contribution is 2.55. The number of hydrogen-bond donors (Lipinski definition) is 0. The monoisotopic (exact) mass is 915 g/mol. The van der Waals surface area contributed by atoms with Gasteiger partial charge in [-0.25, -0.2) is 0 Å². The lowest BCUT2D eigenvalue weighted by atomic mass is 9.76. The zero-order valence-corrected chi connectivity index (χ0v) is 45.5. The van der Waals surface area contributed by atoms with Crippen molar-refractivity contribution in [3.63, 3.8) is 0 Å². The molecular weight excluding hydrogens is 841 g/mol. The fraction of sp³-hybridized carbons (Fsp3) is 0.343. The predicted molar refractivity (Wildman–Crippen MR) is 312 cm³/mol. The summed E-state index contributed by atoms with van der Waals surface area (Å²) in [5.41, 5.74) is 13.3. The van der Waals surface area contributed by atoms with Crippen molar-refractivity contribution in [2.45, 2.75) is 157 Å². The van der Waals surface area contributed by atoms with Gasteiger partial charge in [0.2, 0.25) is 0 Å². The standard InChI is InChI=1S/C70H74/c1-65(2,3)43-28-41(29-44(33-43)66(4,5)6)60-56-37-52-53(55-36-48(70(16,17)18)27-40-26-47(69(13,14)15)35-54(52)59(40)55)38-57(56)61(42-30-45(67(7,8)9)34-46(31-42)68(10,11)12)64-58-32-39-22-19-20-23-49(39)50-24-21-25-51(62(50)58)63(60)64/h19-38H,1-18H3. The van der Waals surface area contributed by atoms with Gasteiger partial charge in [-0.15, -0.1) is 0 Å². The number of hydrogen-bond acceptors (Lipinski definition) is 0. The molecule has 0 heteroatoms. The van der Waals surface area contributed by atoms with Crippen LogP contribution in [0.15, 0.2) is 121 Å². The number of benzene rings is 9. The number of fused-ring (bicyclic) bond motifs is 9. The maximum Gasteiger partial charge on any atom is -0.000719 e. The Bertz CT molecular complexity index is 3880. The van der Waals surface area contributed by atoms with Gasteiger partial charge in [0.1, 0.15) is 0 Å². The van der Waals surface area contributed by atoms with Crippen molar-refractivity contribution in [3.8, 4) is 22.3 Å². The van der Waals surface area contributed by atoms with E-state index in [1.54, 1.807) is 0 Å². The van der Waals surface area contributed by atoms with Gasteiger partial charge in [-0.1, -0.05) is 216 Å². The first-order valence-electron chi connectivity index (χ1n) is 26.1. The molecule has 0 aliphatic rings. The van der Waals surface area contributed by atoms with Crippen LogP contribution in [0.3, 0.4) is 0 Å². The molecule has 0 saturated carbocycles. The molecule has 0 bridgehead atoms. The van der Waals surface area contributed by atoms with Crippen molar-refractivity contribution >= 4 is 86.2 Å². The van der Waals surface area contributed by atoms with Crippen LogP contribution in [0.25, 0.3) is 108 Å². The Morgan fingerprint density at radius 1 is 0.214 bits per heavy atom. The summed E-state index contributed by atoms with van der Waals surface area (Å²) in [4.78, 5) is 0. The SMILES string of the molecule is CC(C)(C)c1cc(-c2c3cc4c(cc3c(-c3cc(C(C)(C)C)cc(C(C)(C)C)c3)c3c5cc6ccccc6c6cccc(c23)c65)c2cc(C(C)(C)C)cc3cc(C(C)(C)C)cc4c32)cc(C(C)(C)C)c1. The van der Waals surface area contributed by atoms with Crippen LogP contribution >= 0.6 is 0 Å². The highest BCUT2D eigenvalue weighted by molar-refractivity contribution is 6.43. The van der Waals surface area contributed by atoms with Crippen LogP contribution in [-0.2, 0) is 32.5 Å². The van der Waals surface area contributed by atoms with E-state index in [2.05, 4.69) is 246 Å². The molecule has 0 aliphatic carbocycles. The Morgan fingerprint density at radius 3 is 1.01 bits per heavy atom. The first kappa shape index (κ1) is 46.4. The van der Waals surface area contributed by atoms with Crippen LogP contribution in [0.2, 0.25) is 0 Å². The van der Waals surface area contributed by atoms with Crippen molar-refractivity contribution in [2.75, 3.05) is 0 Å². The Hall–Kier alpha value is -5.98. The number of rotatable bonds is 2. The molecule has 0 amide bonds. The summed E-state index contributed by atoms with van der Waals surface area (Å²) in [5, 5.41) is 21.5. The Labute approximate surface area is 418 Å². The van der Waals surface area contributed by atoms with Crippen LogP contribution in [0.4, 0.5) is 0 Å². The van der Waals surface area contributed by atoms with Gasteiger partial charge >= 0.3 is 0 Å². The lowest BCUT2D eigenvalue weighted by molar-refractivity contribution is 0.568. The Kier molecular flexibility index (Phi) is 9.81. The third-order valence-electron chi connectivity index (χ3n) is 16.1. The van der Waals surface area contributed by atoms with Crippen LogP contribution in [0.5, 0.6) is 0 Å². The Morgan fingerprint density at radius 2 is 0.586 bits per heavy atom. The minimum atomic E-state index is -0.0580. The van der Waals surface area contributed by atoms with Gasteiger partial charge in [0.25, 0.3) is 0 Å². The normalized spacial score (nSPS) is 13.9. The molecule has 0 N–H and O–H groups in total. The molecule has 354 valence electrons. The summed E-state index contributed by atoms with van der Waals surface area (Å²) in [6.07, 6.45) is 0. The molecule has 0 aromatic heterocycles. The molecule has 0 aliphatic heterocycles. The summed E-state index contributed by atoms with van der Waals surface area (Å²) in [6, 6.07) is 49.3. The minimum Gasteiger partial charge on any atom is -0.0616 e. The van der Waals surface area contributed by atoms with E-state index in [1.165, 1.54) is 142 Å². The van der Waals surface area contributed by atoms with Crippen molar-refractivity contribution in [2.24, 2.45) is 0 Å². The molecule has 0 nitrogen and oxygen atoms in total. The largest absolute Gasteiger partial charge is 0.0616 e. The van der Waals surface area contributed by atoms with Crippen LogP contribution in [0, 0.1) is 0 Å². The van der Waals surface area contributed by atoms with Gasteiger partial charge in [0.05, 0.1) is 0 Å². The van der Waals surface area contributed by atoms with Crippen molar-refractivity contribution in [3.05, 3.63) is 155 Å². The minimum absolute atomic E-state index is 0.0189. The van der Waals surface area contributed by atoms with Crippen molar-refractivity contribution < 1.29 is 0 Å². The topological polar surface area (TPSA) is 0 Å². The average molecular weight is 915 g/mol. The highest BCUT2D eigenvalue weighted by atomic mass is 14.3. The van der Waals surface area contributed by atoms with Gasteiger partial charge in [-0.2, -0.15) is 0 Å². The van der Waals surface area contributed by atoms with Crippen LogP contribution in [0.1, 0.15) is 158 Å². The zero-order valence-electron chi connectivity index (χ0n) is 45.5. The van der Waals surface area contributed by atoms with Crippen LogP contribution < -0.4 is 0 Å². The molecular formula is C70H74. The second-order valence-corrected chi connectivity index (χ2v) is 27.6. The molecule has 11 aromatic carbocycles. The van der Waals surface area contributed by atoms with E-state index < -0.39 is 0 Å². The molecule has 0 radical (unpaired) electrons. The third-order valence-corrected chi connectivity index (χ3v) is 16.1. The van der Waals surface area contributed by atoms with E-state index >= 15 is 0 Å². The van der Waals surface area contributed by atoms with Gasteiger partial charge < -0.3 is 0 Å². The first-order chi connectivity index (χ1) is 32.5. The van der Waals surface area contributed by atoms with Gasteiger partial charge in [0, 0.05) is 0 Å². The quantitative estimate of drug-likeness (QED) is 0.152. The summed E-state index contributed by atoms with van der Waals surface area (Å²) in [5.74, 6) is 0. The molecule has 11 rings (SSSR count). The third kappa shape index (κ3) is 7.21. The maximum atomic E-state index is 2.65. The zero-order chi connectivity index (χ0) is 50.2. The van der Waals surface area contributed by atoms with E-state index in [9.17, 15) is 0 Å². The van der Waals surface area contributed by atoms with E-state index in [4.69, 9.17) is 0 Å². The van der Waals surface area contributed by atoms with Crippen molar-refractivity contribution in [1.82, 2.24) is 0 Å². The molecule has 0 saturated heterocycles. The molecule has 0 unspecified atom stereocenters. The lowest BCUT2D eigenvalue weighted by Crippen LogP contribution is -2.16. The van der Waals surface area contributed by atoms with Gasteiger partial charge in [-0.05, 0) is 205 Å².